The van der Waals surface area contributed by atoms with E-state index in [1.54, 1.807) is 24.3 Å². The molecule has 0 spiro atoms. The number of para-hydroxylation sites is 1. The Balaban J connectivity index is 1.53. The molecule has 2 amide bonds. The number of fused-ring (bicyclic) bond motifs is 2. The summed E-state index contributed by atoms with van der Waals surface area (Å²) < 4.78 is 13.0. The molecular formula is C22H19FN2O4. The number of carboxylic acid groups (broad SMARTS) is 1. The van der Waals surface area contributed by atoms with Crippen molar-refractivity contribution >= 4 is 29.2 Å². The van der Waals surface area contributed by atoms with E-state index in [1.807, 2.05) is 12.2 Å². The van der Waals surface area contributed by atoms with Crippen molar-refractivity contribution in [1.82, 2.24) is 0 Å². The minimum Gasteiger partial charge on any atom is -0.481 e. The van der Waals surface area contributed by atoms with Gasteiger partial charge in [-0.1, -0.05) is 24.3 Å². The lowest BCUT2D eigenvalue weighted by Gasteiger charge is -2.24. The second kappa shape index (κ2) is 7.50. The van der Waals surface area contributed by atoms with Gasteiger partial charge in [0.1, 0.15) is 5.82 Å². The third-order valence-electron chi connectivity index (χ3n) is 5.58. The van der Waals surface area contributed by atoms with E-state index >= 15 is 0 Å². The highest BCUT2D eigenvalue weighted by atomic mass is 19.1. The number of amides is 2. The Morgan fingerprint density at radius 1 is 0.897 bits per heavy atom. The second-order valence-corrected chi connectivity index (χ2v) is 7.33. The SMILES string of the molecule is O=C(Nc1ccc(F)cc1)c1ccccc1NC(=O)[C@H]1[C@H](C(=O)O)[C@H]2C=C[C@H]1C2. The number of benzene rings is 2. The van der Waals surface area contributed by atoms with Crippen LogP contribution < -0.4 is 10.6 Å². The zero-order chi connectivity index (χ0) is 20.5. The summed E-state index contributed by atoms with van der Waals surface area (Å²) in [4.78, 5) is 37.2. The summed E-state index contributed by atoms with van der Waals surface area (Å²) in [6, 6.07) is 11.8. The van der Waals surface area contributed by atoms with Gasteiger partial charge in [-0.2, -0.15) is 0 Å². The van der Waals surface area contributed by atoms with E-state index in [4.69, 9.17) is 0 Å². The van der Waals surface area contributed by atoms with Crippen LogP contribution in [0.2, 0.25) is 0 Å². The number of halogens is 1. The van der Waals surface area contributed by atoms with Crippen LogP contribution in [-0.4, -0.2) is 22.9 Å². The van der Waals surface area contributed by atoms with Crippen LogP contribution in [0, 0.1) is 29.5 Å². The molecule has 2 aromatic carbocycles. The summed E-state index contributed by atoms with van der Waals surface area (Å²) in [5.74, 6) is -3.94. The lowest BCUT2D eigenvalue weighted by molar-refractivity contribution is -0.146. The van der Waals surface area contributed by atoms with Crippen molar-refractivity contribution in [2.24, 2.45) is 23.7 Å². The number of rotatable bonds is 5. The van der Waals surface area contributed by atoms with E-state index in [9.17, 15) is 23.9 Å². The van der Waals surface area contributed by atoms with Gasteiger partial charge in [-0.05, 0) is 54.7 Å². The smallest absolute Gasteiger partial charge is 0.307 e. The first kappa shape index (κ1) is 18.9. The fourth-order valence-corrected chi connectivity index (χ4v) is 4.25. The molecule has 2 bridgehead atoms. The van der Waals surface area contributed by atoms with Crippen LogP contribution in [0.5, 0.6) is 0 Å². The maximum atomic E-state index is 13.0. The van der Waals surface area contributed by atoms with E-state index in [0.29, 0.717) is 17.8 Å². The molecule has 4 rings (SSSR count). The molecule has 6 nitrogen and oxygen atoms in total. The molecule has 0 unspecified atom stereocenters. The van der Waals surface area contributed by atoms with Gasteiger partial charge < -0.3 is 15.7 Å². The molecule has 2 aliphatic rings. The Kier molecular flexibility index (Phi) is 4.88. The van der Waals surface area contributed by atoms with E-state index in [2.05, 4.69) is 10.6 Å². The molecule has 0 aromatic heterocycles. The second-order valence-electron chi connectivity index (χ2n) is 7.33. The lowest BCUT2D eigenvalue weighted by Crippen LogP contribution is -2.36. The summed E-state index contributed by atoms with van der Waals surface area (Å²) in [6.45, 7) is 0. The van der Waals surface area contributed by atoms with Crippen molar-refractivity contribution in [3.8, 4) is 0 Å². The highest BCUT2D eigenvalue weighted by molar-refractivity contribution is 6.10. The Morgan fingerprint density at radius 3 is 2.24 bits per heavy atom. The van der Waals surface area contributed by atoms with Crippen molar-refractivity contribution in [3.05, 3.63) is 72.1 Å². The van der Waals surface area contributed by atoms with E-state index in [0.717, 1.165) is 0 Å². The molecule has 3 N–H and O–H groups in total. The first-order chi connectivity index (χ1) is 13.9. The molecule has 0 saturated heterocycles. The first-order valence-electron chi connectivity index (χ1n) is 9.32. The monoisotopic (exact) mass is 394 g/mol. The summed E-state index contributed by atoms with van der Waals surface area (Å²) in [5.41, 5.74) is 0.950. The molecule has 148 valence electrons. The van der Waals surface area contributed by atoms with Crippen LogP contribution in [0.3, 0.4) is 0 Å². The Labute approximate surface area is 166 Å². The molecule has 1 fully saturated rings. The molecular weight excluding hydrogens is 375 g/mol. The van der Waals surface area contributed by atoms with Crippen LogP contribution in [0.4, 0.5) is 15.8 Å². The van der Waals surface area contributed by atoms with Gasteiger partial charge in [-0.25, -0.2) is 4.39 Å². The average Bonchev–Trinajstić information content (AvgIpc) is 3.31. The standard InChI is InChI=1S/C22H19FN2O4/c23-14-7-9-15(10-8-14)24-20(26)16-3-1-2-4-17(16)25-21(27)18-12-5-6-13(11-12)19(18)22(28)29/h1-10,12-13,18-19H,11H2,(H,24,26)(H,25,27)(H,28,29)/t12-,13-,18+,19+/m0/s1. The summed E-state index contributed by atoms with van der Waals surface area (Å²) in [7, 11) is 0. The number of carbonyl (C=O) groups excluding carboxylic acids is 2. The highest BCUT2D eigenvalue weighted by Crippen LogP contribution is 2.48. The summed E-state index contributed by atoms with van der Waals surface area (Å²) in [5, 5.41) is 14.9. The van der Waals surface area contributed by atoms with Crippen molar-refractivity contribution in [2.75, 3.05) is 10.6 Å². The maximum Gasteiger partial charge on any atom is 0.307 e. The zero-order valence-electron chi connectivity index (χ0n) is 15.3. The lowest BCUT2D eigenvalue weighted by atomic mass is 9.82. The normalized spacial score (nSPS) is 24.3. The van der Waals surface area contributed by atoms with Gasteiger partial charge in [-0.15, -0.1) is 0 Å². The van der Waals surface area contributed by atoms with Gasteiger partial charge in [-0.3, -0.25) is 14.4 Å². The minimum absolute atomic E-state index is 0.110. The quantitative estimate of drug-likeness (QED) is 0.676. The molecule has 2 aromatic rings. The predicted molar refractivity (Wildman–Crippen MR) is 105 cm³/mol. The highest BCUT2D eigenvalue weighted by Gasteiger charge is 2.51. The topological polar surface area (TPSA) is 95.5 Å². The zero-order valence-corrected chi connectivity index (χ0v) is 15.3. The van der Waals surface area contributed by atoms with Gasteiger partial charge in [0.15, 0.2) is 0 Å². The maximum absolute atomic E-state index is 13.0. The molecule has 7 heteroatoms. The Morgan fingerprint density at radius 2 is 1.55 bits per heavy atom. The van der Waals surface area contributed by atoms with Crippen LogP contribution in [-0.2, 0) is 9.59 Å². The van der Waals surface area contributed by atoms with Gasteiger partial charge in [0.2, 0.25) is 5.91 Å². The third-order valence-corrected chi connectivity index (χ3v) is 5.58. The van der Waals surface area contributed by atoms with Crippen molar-refractivity contribution in [1.29, 1.82) is 0 Å². The van der Waals surface area contributed by atoms with Crippen molar-refractivity contribution < 1.29 is 23.9 Å². The van der Waals surface area contributed by atoms with Gasteiger partial charge in [0, 0.05) is 5.69 Å². The van der Waals surface area contributed by atoms with Gasteiger partial charge in [0.25, 0.3) is 5.91 Å². The molecule has 2 aliphatic carbocycles. The fourth-order valence-electron chi connectivity index (χ4n) is 4.25. The molecule has 4 atom stereocenters. The summed E-state index contributed by atoms with van der Waals surface area (Å²) >= 11 is 0. The Bertz CT molecular complexity index is 1000. The van der Waals surface area contributed by atoms with Crippen LogP contribution in [0.15, 0.2) is 60.7 Å². The number of hydrogen-bond acceptors (Lipinski definition) is 3. The van der Waals surface area contributed by atoms with Crippen LogP contribution in [0.25, 0.3) is 0 Å². The first-order valence-corrected chi connectivity index (χ1v) is 9.32. The molecule has 1 saturated carbocycles. The van der Waals surface area contributed by atoms with Crippen molar-refractivity contribution in [3.63, 3.8) is 0 Å². The number of aliphatic carboxylic acids is 1. The van der Waals surface area contributed by atoms with Crippen LogP contribution in [0.1, 0.15) is 16.8 Å². The number of anilines is 2. The van der Waals surface area contributed by atoms with E-state index in [1.165, 1.54) is 24.3 Å². The number of carboxylic acids is 1. The predicted octanol–water partition coefficient (Wildman–Crippen LogP) is 3.54. The van der Waals surface area contributed by atoms with E-state index in [-0.39, 0.29) is 17.4 Å². The average molecular weight is 394 g/mol. The minimum atomic E-state index is -0.982. The molecule has 0 heterocycles. The number of allylic oxidation sites excluding steroid dienone is 2. The fraction of sp³-hybridized carbons (Fsp3) is 0.227. The molecule has 0 aliphatic heterocycles. The molecule has 29 heavy (non-hydrogen) atoms. The number of carbonyl (C=O) groups is 3. The molecule has 0 radical (unpaired) electrons. The third kappa shape index (κ3) is 3.63. The van der Waals surface area contributed by atoms with Crippen molar-refractivity contribution in [2.45, 2.75) is 6.42 Å². The number of nitrogens with one attached hydrogen (secondary N) is 2. The largest absolute Gasteiger partial charge is 0.481 e. The van der Waals surface area contributed by atoms with E-state index < -0.39 is 35.4 Å². The summed E-state index contributed by atoms with van der Waals surface area (Å²) in [6.07, 6.45) is 4.43. The van der Waals surface area contributed by atoms with Gasteiger partial charge >= 0.3 is 5.97 Å². The Hall–Kier alpha value is -3.48. The number of hydrogen-bond donors (Lipinski definition) is 3. The van der Waals surface area contributed by atoms with Crippen LogP contribution >= 0.6 is 0 Å². The van der Waals surface area contributed by atoms with Gasteiger partial charge in [0.05, 0.1) is 23.1 Å².